The molecule has 0 aliphatic carbocycles. The van der Waals surface area contributed by atoms with E-state index in [4.69, 9.17) is 18.9 Å². The summed E-state index contributed by atoms with van der Waals surface area (Å²) < 4.78 is 20.2. The van der Waals surface area contributed by atoms with E-state index >= 15 is 0 Å². The molecule has 0 aromatic heterocycles. The van der Waals surface area contributed by atoms with E-state index in [1.807, 2.05) is 0 Å². The Morgan fingerprint density at radius 2 is 1.65 bits per heavy atom. The van der Waals surface area contributed by atoms with Gasteiger partial charge in [0.2, 0.25) is 0 Å². The quantitative estimate of drug-likeness (QED) is 0.207. The van der Waals surface area contributed by atoms with Crippen molar-refractivity contribution in [3.63, 3.8) is 0 Å². The number of carbonyl (C=O) groups is 3. The smallest absolute Gasteiger partial charge is 0.379 e. The molecule has 0 fully saturated rings. The van der Waals surface area contributed by atoms with Crippen LogP contribution < -0.4 is 0 Å². The lowest BCUT2D eigenvalue weighted by atomic mass is 10.1. The van der Waals surface area contributed by atoms with Gasteiger partial charge in [-0.3, -0.25) is 4.79 Å². The average molecular weight is 364 g/mol. The van der Waals surface area contributed by atoms with Gasteiger partial charge in [0, 0.05) is 31.8 Å². The van der Waals surface area contributed by atoms with Crippen LogP contribution in [0.1, 0.15) is 31.7 Å². The summed E-state index contributed by atoms with van der Waals surface area (Å²) in [6.07, 6.45) is 0.850. The molecule has 0 saturated carbocycles. The highest BCUT2D eigenvalue weighted by Crippen LogP contribution is 2.27. The number of methoxy groups -OCH3 is 2. The Hall–Kier alpha value is -2.51. The van der Waals surface area contributed by atoms with Crippen LogP contribution in [0.5, 0.6) is 0 Å². The zero-order chi connectivity index (χ0) is 19.6. The summed E-state index contributed by atoms with van der Waals surface area (Å²) in [5.74, 6) is -3.95. The second-order valence-corrected chi connectivity index (χ2v) is 5.53. The summed E-state index contributed by atoms with van der Waals surface area (Å²) >= 11 is 0. The van der Waals surface area contributed by atoms with Gasteiger partial charge in [-0.15, -0.1) is 0 Å². The van der Waals surface area contributed by atoms with Crippen LogP contribution in [-0.2, 0) is 39.1 Å². The fourth-order valence-electron chi connectivity index (χ4n) is 2.14. The molecule has 0 heterocycles. The van der Waals surface area contributed by atoms with Gasteiger partial charge in [-0.2, -0.15) is 0 Å². The first kappa shape index (κ1) is 21.5. The van der Waals surface area contributed by atoms with Crippen LogP contribution >= 0.6 is 0 Å². The second-order valence-electron chi connectivity index (χ2n) is 5.53. The second kappa shape index (κ2) is 10.5. The van der Waals surface area contributed by atoms with E-state index in [0.29, 0.717) is 24.0 Å². The van der Waals surface area contributed by atoms with E-state index in [-0.39, 0.29) is 13.0 Å². The molecule has 7 nitrogen and oxygen atoms in total. The molecule has 0 unspecified atom stereocenters. The van der Waals surface area contributed by atoms with Crippen molar-refractivity contribution in [1.82, 2.24) is 0 Å². The van der Waals surface area contributed by atoms with Crippen molar-refractivity contribution < 1.29 is 33.3 Å². The first-order valence-corrected chi connectivity index (χ1v) is 8.11. The number of hydrogen-bond acceptors (Lipinski definition) is 7. The summed E-state index contributed by atoms with van der Waals surface area (Å²) in [5.41, 5.74) is 0.723. The number of unbranched alkanes of at least 4 members (excludes halogenated alkanes) is 1. The van der Waals surface area contributed by atoms with Crippen molar-refractivity contribution in [2.75, 3.05) is 20.8 Å². The summed E-state index contributed by atoms with van der Waals surface area (Å²) in [6.45, 7) is 5.18. The number of esters is 3. The highest BCUT2D eigenvalue weighted by Gasteiger charge is 2.44. The van der Waals surface area contributed by atoms with Gasteiger partial charge in [-0.25, -0.2) is 9.59 Å². The minimum Gasteiger partial charge on any atom is -0.462 e. The lowest BCUT2D eigenvalue weighted by Gasteiger charge is -2.28. The third-order valence-corrected chi connectivity index (χ3v) is 3.56. The predicted octanol–water partition coefficient (Wildman–Crippen LogP) is 2.49. The fourth-order valence-corrected chi connectivity index (χ4v) is 2.14. The van der Waals surface area contributed by atoms with Gasteiger partial charge >= 0.3 is 17.9 Å². The highest BCUT2D eigenvalue weighted by atomic mass is 16.7. The van der Waals surface area contributed by atoms with Crippen LogP contribution in [-0.4, -0.2) is 38.7 Å². The van der Waals surface area contributed by atoms with Gasteiger partial charge in [0.15, 0.2) is 0 Å². The molecular formula is C19H24O7. The molecule has 142 valence electrons. The van der Waals surface area contributed by atoms with Crippen molar-refractivity contribution in [2.24, 2.45) is 0 Å². The Morgan fingerprint density at radius 3 is 2.19 bits per heavy atom. The van der Waals surface area contributed by atoms with Gasteiger partial charge in [0.1, 0.15) is 0 Å². The zero-order valence-electron chi connectivity index (χ0n) is 15.3. The molecule has 0 radical (unpaired) electrons. The van der Waals surface area contributed by atoms with Crippen molar-refractivity contribution >= 4 is 17.9 Å². The first-order valence-electron chi connectivity index (χ1n) is 8.11. The van der Waals surface area contributed by atoms with Crippen LogP contribution in [0, 0.1) is 0 Å². The summed E-state index contributed by atoms with van der Waals surface area (Å²) in [6, 6.07) is 8.47. The van der Waals surface area contributed by atoms with Crippen molar-refractivity contribution in [1.29, 1.82) is 0 Å². The molecule has 1 rings (SSSR count). The van der Waals surface area contributed by atoms with E-state index < -0.39 is 23.7 Å². The Kier molecular flexibility index (Phi) is 8.67. The monoisotopic (exact) mass is 364 g/mol. The summed E-state index contributed by atoms with van der Waals surface area (Å²) in [5, 5.41) is 0. The van der Waals surface area contributed by atoms with Gasteiger partial charge in [0.05, 0.1) is 6.61 Å². The maximum atomic E-state index is 12.4. The van der Waals surface area contributed by atoms with Gasteiger partial charge in [-0.05, 0) is 19.8 Å². The van der Waals surface area contributed by atoms with Crippen LogP contribution in [0.25, 0.3) is 0 Å². The van der Waals surface area contributed by atoms with Crippen molar-refractivity contribution in [2.45, 2.75) is 32.0 Å². The lowest BCUT2D eigenvalue weighted by Crippen LogP contribution is -2.42. The number of rotatable bonds is 10. The summed E-state index contributed by atoms with van der Waals surface area (Å²) in [4.78, 5) is 35.5. The van der Waals surface area contributed by atoms with E-state index in [1.54, 1.807) is 37.3 Å². The molecule has 0 bridgehead atoms. The van der Waals surface area contributed by atoms with Crippen LogP contribution in [0.4, 0.5) is 0 Å². The fraction of sp³-hybridized carbons (Fsp3) is 0.421. The summed E-state index contributed by atoms with van der Waals surface area (Å²) in [7, 11) is 2.58. The lowest BCUT2D eigenvalue weighted by molar-refractivity contribution is -0.235. The number of ether oxygens (including phenoxy) is 4. The van der Waals surface area contributed by atoms with Crippen molar-refractivity contribution in [3.05, 3.63) is 48.0 Å². The molecule has 0 spiro atoms. The predicted molar refractivity (Wildman–Crippen MR) is 92.9 cm³/mol. The topological polar surface area (TPSA) is 88.1 Å². The van der Waals surface area contributed by atoms with E-state index in [9.17, 15) is 14.4 Å². The third kappa shape index (κ3) is 5.79. The molecule has 0 aliphatic heterocycles. The number of carbonyl (C=O) groups excluding carboxylic acids is 3. The Labute approximate surface area is 152 Å². The molecular weight excluding hydrogens is 340 g/mol. The highest BCUT2D eigenvalue weighted by molar-refractivity contribution is 5.90. The maximum Gasteiger partial charge on any atom is 0.379 e. The zero-order valence-corrected chi connectivity index (χ0v) is 15.3. The third-order valence-electron chi connectivity index (χ3n) is 3.56. The number of benzene rings is 1. The molecule has 0 aliphatic rings. The SMILES string of the molecule is C=C(C)C(=O)OCCCCC(=O)OC(=O)C(OC)(OC)c1ccccc1. The minimum absolute atomic E-state index is 0.00530. The Balaban J connectivity index is 2.53. The van der Waals surface area contributed by atoms with E-state index in [2.05, 4.69) is 6.58 Å². The molecule has 0 atom stereocenters. The molecule has 0 amide bonds. The van der Waals surface area contributed by atoms with Crippen LogP contribution in [0.15, 0.2) is 42.5 Å². The van der Waals surface area contributed by atoms with Gasteiger partial charge < -0.3 is 18.9 Å². The average Bonchev–Trinajstić information content (AvgIpc) is 2.63. The standard InChI is InChI=1S/C19H24O7/c1-14(2)17(21)25-13-9-8-12-16(20)26-18(22)19(23-3,24-4)15-10-6-5-7-11-15/h5-7,10-11H,1,8-9,12-13H2,2-4H3. The van der Waals surface area contributed by atoms with Crippen LogP contribution in [0.3, 0.4) is 0 Å². The van der Waals surface area contributed by atoms with Crippen molar-refractivity contribution in [3.8, 4) is 0 Å². The number of hydrogen-bond donors (Lipinski definition) is 0. The largest absolute Gasteiger partial charge is 0.462 e. The molecule has 7 heteroatoms. The molecule has 1 aromatic carbocycles. The molecule has 0 saturated heterocycles. The molecule has 1 aromatic rings. The minimum atomic E-state index is -1.81. The van der Waals surface area contributed by atoms with E-state index in [1.165, 1.54) is 14.2 Å². The van der Waals surface area contributed by atoms with Gasteiger partial charge in [-0.1, -0.05) is 36.9 Å². The molecule has 0 N–H and O–H groups in total. The van der Waals surface area contributed by atoms with Crippen LogP contribution in [0.2, 0.25) is 0 Å². The normalized spacial score (nSPS) is 10.9. The van der Waals surface area contributed by atoms with Gasteiger partial charge in [0.25, 0.3) is 5.79 Å². The maximum absolute atomic E-state index is 12.4. The Bertz CT molecular complexity index is 633. The molecule has 26 heavy (non-hydrogen) atoms. The first-order chi connectivity index (χ1) is 12.4. The Morgan fingerprint density at radius 1 is 1.04 bits per heavy atom. The van der Waals surface area contributed by atoms with E-state index in [0.717, 1.165) is 0 Å².